The summed E-state index contributed by atoms with van der Waals surface area (Å²) in [6, 6.07) is 14.7. The zero-order chi connectivity index (χ0) is 21.1. The fourth-order valence-corrected chi connectivity index (χ4v) is 6.92. The van der Waals surface area contributed by atoms with Crippen molar-refractivity contribution in [3.63, 3.8) is 0 Å². The van der Waals surface area contributed by atoms with E-state index in [0.717, 1.165) is 29.7 Å². The molecule has 1 spiro atoms. The molecule has 0 N–H and O–H groups in total. The van der Waals surface area contributed by atoms with E-state index in [2.05, 4.69) is 0 Å². The van der Waals surface area contributed by atoms with Crippen molar-refractivity contribution in [1.29, 1.82) is 0 Å². The summed E-state index contributed by atoms with van der Waals surface area (Å²) in [6.45, 7) is 3.26. The van der Waals surface area contributed by atoms with Crippen LogP contribution in [0.25, 0.3) is 0 Å². The molecule has 3 aliphatic rings. The Morgan fingerprint density at radius 3 is 2.43 bits per heavy atom. The lowest BCUT2D eigenvalue weighted by Crippen LogP contribution is -2.46. The number of hydrogen-bond donors (Lipinski definition) is 0. The minimum Gasteiger partial charge on any atom is -0.497 e. The fraction of sp³-hybridized carbons (Fsp3) is 0.435. The third-order valence-corrected chi connectivity index (χ3v) is 8.94. The number of carbonyl (C=O) groups is 1. The Bertz CT molecular complexity index is 1110. The first-order valence-electron chi connectivity index (χ1n) is 10.3. The Hall–Kier alpha value is -2.38. The van der Waals surface area contributed by atoms with Crippen LogP contribution < -0.4 is 4.74 Å². The molecule has 0 radical (unpaired) electrons. The number of methoxy groups -OCH3 is 1. The molecule has 2 aromatic rings. The van der Waals surface area contributed by atoms with E-state index < -0.39 is 15.6 Å². The molecule has 1 saturated heterocycles. The predicted octanol–water partition coefficient (Wildman–Crippen LogP) is 3.13. The van der Waals surface area contributed by atoms with Crippen molar-refractivity contribution < 1.29 is 17.9 Å². The first kappa shape index (κ1) is 19.6. The van der Waals surface area contributed by atoms with Gasteiger partial charge in [-0.05, 0) is 48.6 Å². The number of benzene rings is 2. The number of rotatable bonds is 4. The van der Waals surface area contributed by atoms with Crippen LogP contribution in [0, 0.1) is 5.41 Å². The third kappa shape index (κ3) is 2.79. The SMILES string of the molecule is COc1ccc(CN2[C@]3(CCN(C(=O)C4(C)CC4)C3)c3ccccc3S2(=O)=O)cc1. The molecule has 0 unspecified atom stereocenters. The van der Waals surface area contributed by atoms with Crippen LogP contribution in [-0.2, 0) is 26.9 Å². The molecular formula is C23H26N2O4S. The number of nitrogens with zero attached hydrogens (tertiary/aromatic N) is 2. The van der Waals surface area contributed by atoms with Gasteiger partial charge in [-0.15, -0.1) is 0 Å². The summed E-state index contributed by atoms with van der Waals surface area (Å²) in [4.78, 5) is 15.3. The van der Waals surface area contributed by atoms with E-state index in [9.17, 15) is 13.2 Å². The molecule has 2 aliphatic heterocycles. The highest BCUT2D eigenvalue weighted by atomic mass is 32.2. The normalized spacial score (nSPS) is 26.0. The number of fused-ring (bicyclic) bond motifs is 2. The van der Waals surface area contributed by atoms with Crippen LogP contribution in [0.5, 0.6) is 5.75 Å². The Kier molecular flexibility index (Phi) is 4.28. The number of sulfonamides is 1. The van der Waals surface area contributed by atoms with Gasteiger partial charge in [-0.1, -0.05) is 37.3 Å². The number of amides is 1. The highest BCUT2D eigenvalue weighted by molar-refractivity contribution is 7.89. The molecule has 1 saturated carbocycles. The Morgan fingerprint density at radius 2 is 1.77 bits per heavy atom. The highest BCUT2D eigenvalue weighted by Gasteiger charge is 2.59. The Balaban J connectivity index is 1.55. The van der Waals surface area contributed by atoms with E-state index in [4.69, 9.17) is 4.74 Å². The van der Waals surface area contributed by atoms with Gasteiger partial charge >= 0.3 is 0 Å². The quantitative estimate of drug-likeness (QED) is 0.753. The van der Waals surface area contributed by atoms with Gasteiger partial charge in [-0.3, -0.25) is 4.79 Å². The summed E-state index contributed by atoms with van der Waals surface area (Å²) >= 11 is 0. The van der Waals surface area contributed by atoms with Gasteiger partial charge in [0.25, 0.3) is 0 Å². The highest BCUT2D eigenvalue weighted by Crippen LogP contribution is 2.52. The second-order valence-corrected chi connectivity index (χ2v) is 10.8. The molecule has 2 heterocycles. The largest absolute Gasteiger partial charge is 0.497 e. The first-order chi connectivity index (χ1) is 14.3. The van der Waals surface area contributed by atoms with Crippen molar-refractivity contribution in [2.75, 3.05) is 20.2 Å². The predicted molar refractivity (Wildman–Crippen MR) is 112 cm³/mol. The Labute approximate surface area is 177 Å². The monoisotopic (exact) mass is 426 g/mol. The third-order valence-electron chi connectivity index (χ3n) is 6.97. The molecule has 6 nitrogen and oxygen atoms in total. The summed E-state index contributed by atoms with van der Waals surface area (Å²) in [5.74, 6) is 0.891. The molecular weight excluding hydrogens is 400 g/mol. The number of carbonyl (C=O) groups excluding carboxylic acids is 1. The lowest BCUT2D eigenvalue weighted by molar-refractivity contribution is -0.135. The van der Waals surface area contributed by atoms with Crippen LogP contribution in [0.2, 0.25) is 0 Å². The standard InChI is InChI=1S/C23H26N2O4S/c1-22(11-12-22)21(26)24-14-13-23(16-24)19-5-3-4-6-20(19)30(27,28)25(23)15-17-7-9-18(29-2)10-8-17/h3-10H,11-16H2,1-2H3/t23-/m0/s1. The van der Waals surface area contributed by atoms with E-state index in [1.807, 2.05) is 48.2 Å². The van der Waals surface area contributed by atoms with Crippen LogP contribution in [0.4, 0.5) is 0 Å². The zero-order valence-electron chi connectivity index (χ0n) is 17.3. The van der Waals surface area contributed by atoms with Crippen molar-refractivity contribution in [3.05, 3.63) is 59.7 Å². The van der Waals surface area contributed by atoms with Crippen LogP contribution in [0.1, 0.15) is 37.3 Å². The van der Waals surface area contributed by atoms with Crippen LogP contribution in [0.3, 0.4) is 0 Å². The van der Waals surface area contributed by atoms with Gasteiger partial charge in [-0.2, -0.15) is 4.31 Å². The van der Waals surface area contributed by atoms with Crippen molar-refractivity contribution in [1.82, 2.24) is 9.21 Å². The van der Waals surface area contributed by atoms with E-state index in [1.54, 1.807) is 23.5 Å². The van der Waals surface area contributed by atoms with Crippen LogP contribution in [-0.4, -0.2) is 43.7 Å². The summed E-state index contributed by atoms with van der Waals surface area (Å²) in [5.41, 5.74) is 0.736. The van der Waals surface area contributed by atoms with Gasteiger partial charge in [0.05, 0.1) is 17.5 Å². The average Bonchev–Trinajstić information content (AvgIpc) is 3.31. The molecule has 2 aromatic carbocycles. The maximum Gasteiger partial charge on any atom is 0.244 e. The van der Waals surface area contributed by atoms with Gasteiger partial charge in [0.15, 0.2) is 0 Å². The molecule has 1 atom stereocenters. The van der Waals surface area contributed by atoms with Gasteiger partial charge in [-0.25, -0.2) is 8.42 Å². The van der Waals surface area contributed by atoms with Crippen molar-refractivity contribution in [2.45, 2.75) is 43.2 Å². The van der Waals surface area contributed by atoms with E-state index in [0.29, 0.717) is 24.4 Å². The fourth-order valence-electron chi connectivity index (χ4n) is 4.87. The Morgan fingerprint density at radius 1 is 1.07 bits per heavy atom. The lowest BCUT2D eigenvalue weighted by Gasteiger charge is -2.34. The second-order valence-electron chi connectivity index (χ2n) is 8.92. The smallest absolute Gasteiger partial charge is 0.244 e. The summed E-state index contributed by atoms with van der Waals surface area (Å²) in [5, 5.41) is 0. The van der Waals surface area contributed by atoms with Gasteiger partial charge in [0.2, 0.25) is 15.9 Å². The van der Waals surface area contributed by atoms with Gasteiger partial charge < -0.3 is 9.64 Å². The minimum absolute atomic E-state index is 0.158. The van der Waals surface area contributed by atoms with Crippen LogP contribution in [0.15, 0.2) is 53.4 Å². The summed E-state index contributed by atoms with van der Waals surface area (Å²) < 4.78 is 34.0. The van der Waals surface area contributed by atoms with Gasteiger partial charge in [0.1, 0.15) is 5.75 Å². The van der Waals surface area contributed by atoms with E-state index in [-0.39, 0.29) is 17.9 Å². The van der Waals surface area contributed by atoms with Crippen LogP contribution >= 0.6 is 0 Å². The molecule has 1 aliphatic carbocycles. The first-order valence-corrected chi connectivity index (χ1v) is 11.8. The van der Waals surface area contributed by atoms with E-state index >= 15 is 0 Å². The molecule has 30 heavy (non-hydrogen) atoms. The molecule has 1 amide bonds. The molecule has 0 bridgehead atoms. The topological polar surface area (TPSA) is 66.9 Å². The number of ether oxygens (including phenoxy) is 1. The maximum absolute atomic E-state index is 13.6. The maximum atomic E-state index is 13.6. The summed E-state index contributed by atoms with van der Waals surface area (Å²) in [7, 11) is -2.05. The minimum atomic E-state index is -3.66. The molecule has 7 heteroatoms. The van der Waals surface area contributed by atoms with E-state index in [1.165, 1.54) is 0 Å². The number of likely N-dealkylation sites (tertiary alicyclic amines) is 1. The van der Waals surface area contributed by atoms with Crippen molar-refractivity contribution in [3.8, 4) is 5.75 Å². The molecule has 0 aromatic heterocycles. The number of hydrogen-bond acceptors (Lipinski definition) is 4. The molecule has 158 valence electrons. The average molecular weight is 427 g/mol. The lowest BCUT2D eigenvalue weighted by atomic mass is 9.88. The molecule has 2 fully saturated rings. The van der Waals surface area contributed by atoms with Gasteiger partial charge in [0, 0.05) is 25.0 Å². The van der Waals surface area contributed by atoms with Crippen molar-refractivity contribution in [2.24, 2.45) is 5.41 Å². The second kappa shape index (κ2) is 6.56. The summed E-state index contributed by atoms with van der Waals surface area (Å²) in [6.07, 6.45) is 2.45. The van der Waals surface area contributed by atoms with Crippen molar-refractivity contribution >= 4 is 15.9 Å². The zero-order valence-corrected chi connectivity index (χ0v) is 18.1. The molecule has 5 rings (SSSR count).